The molecule has 0 unspecified atom stereocenters. The fourth-order valence-corrected chi connectivity index (χ4v) is 4.04. The molecule has 0 amide bonds. The van der Waals surface area contributed by atoms with Crippen LogP contribution in [0.3, 0.4) is 0 Å². The molecule has 1 aliphatic heterocycles. The van der Waals surface area contributed by atoms with Crippen molar-refractivity contribution < 1.29 is 9.47 Å². The minimum Gasteiger partial charge on any atom is -0.497 e. The first-order valence-electron chi connectivity index (χ1n) is 8.50. The minimum absolute atomic E-state index is 0. The average molecular weight is 377 g/mol. The number of benzene rings is 1. The fourth-order valence-electron chi connectivity index (χ4n) is 4.04. The maximum absolute atomic E-state index is 5.70. The molecule has 6 heteroatoms. The number of piperazine rings is 1. The average Bonchev–Trinajstić information content (AvgIpc) is 3.10. The topological polar surface area (TPSA) is 33.7 Å². The van der Waals surface area contributed by atoms with Crippen LogP contribution in [-0.2, 0) is 0 Å². The van der Waals surface area contributed by atoms with Gasteiger partial charge in [0.1, 0.15) is 11.5 Å². The van der Waals surface area contributed by atoms with Gasteiger partial charge in [-0.2, -0.15) is 0 Å². The van der Waals surface area contributed by atoms with Crippen molar-refractivity contribution in [1.29, 1.82) is 0 Å². The highest BCUT2D eigenvalue weighted by molar-refractivity contribution is 5.85. The van der Waals surface area contributed by atoms with Crippen LogP contribution in [0.4, 0.5) is 0 Å². The van der Waals surface area contributed by atoms with E-state index in [-0.39, 0.29) is 24.8 Å². The Hall–Kier alpha value is -0.680. The summed E-state index contributed by atoms with van der Waals surface area (Å²) in [4.78, 5) is 2.65. The first-order valence-corrected chi connectivity index (χ1v) is 8.50. The standard InChI is InChI=1S/C18H28N2O2.2ClH/c1-21-15-7-8-16(17(13-15)22-2)18(14-5-3-4-6-14)20-11-9-19-10-12-20;;/h7-8,13-14,18-19H,3-6,9-12H2,1-2H3;2*1H/t18-;;/m0../s1. The summed E-state index contributed by atoms with van der Waals surface area (Å²) in [5, 5.41) is 3.47. The molecular formula is C18H30Cl2N2O2. The lowest BCUT2D eigenvalue weighted by Gasteiger charge is -2.39. The van der Waals surface area contributed by atoms with E-state index in [9.17, 15) is 0 Å². The zero-order valence-corrected chi connectivity index (χ0v) is 16.3. The van der Waals surface area contributed by atoms with Crippen LogP contribution < -0.4 is 14.8 Å². The fraction of sp³-hybridized carbons (Fsp3) is 0.667. The summed E-state index contributed by atoms with van der Waals surface area (Å²) in [5.41, 5.74) is 1.33. The Morgan fingerprint density at radius 3 is 2.29 bits per heavy atom. The monoisotopic (exact) mass is 376 g/mol. The van der Waals surface area contributed by atoms with Gasteiger partial charge in [-0.05, 0) is 24.8 Å². The molecule has 0 bridgehead atoms. The lowest BCUT2D eigenvalue weighted by molar-refractivity contribution is 0.123. The molecule has 138 valence electrons. The van der Waals surface area contributed by atoms with Crippen molar-refractivity contribution in [2.24, 2.45) is 5.92 Å². The van der Waals surface area contributed by atoms with E-state index < -0.39 is 0 Å². The Bertz CT molecular complexity index is 490. The maximum Gasteiger partial charge on any atom is 0.127 e. The second-order valence-electron chi connectivity index (χ2n) is 6.38. The molecule has 2 fully saturated rings. The van der Waals surface area contributed by atoms with Gasteiger partial charge in [0.2, 0.25) is 0 Å². The summed E-state index contributed by atoms with van der Waals surface area (Å²) in [6.45, 7) is 4.41. The second-order valence-corrected chi connectivity index (χ2v) is 6.38. The van der Waals surface area contributed by atoms with Crippen molar-refractivity contribution in [1.82, 2.24) is 10.2 Å². The first kappa shape index (κ1) is 21.4. The van der Waals surface area contributed by atoms with E-state index in [1.165, 1.54) is 31.2 Å². The number of hydrogen-bond acceptors (Lipinski definition) is 4. The molecule has 0 aromatic heterocycles. The number of ether oxygens (including phenoxy) is 2. The Kier molecular flexibility index (Phi) is 9.21. The molecule has 1 saturated carbocycles. The van der Waals surface area contributed by atoms with E-state index in [1.807, 2.05) is 6.07 Å². The molecule has 0 spiro atoms. The summed E-state index contributed by atoms with van der Waals surface area (Å²) in [5.74, 6) is 2.58. The molecule has 2 aliphatic rings. The smallest absolute Gasteiger partial charge is 0.127 e. The highest BCUT2D eigenvalue weighted by Crippen LogP contribution is 2.43. The van der Waals surface area contributed by atoms with E-state index >= 15 is 0 Å². The molecule has 1 atom stereocenters. The number of rotatable bonds is 5. The maximum atomic E-state index is 5.70. The minimum atomic E-state index is 0. The highest BCUT2D eigenvalue weighted by atomic mass is 35.5. The van der Waals surface area contributed by atoms with E-state index in [2.05, 4.69) is 22.3 Å². The number of methoxy groups -OCH3 is 2. The van der Waals surface area contributed by atoms with Crippen LogP contribution in [0.2, 0.25) is 0 Å². The molecule has 0 radical (unpaired) electrons. The third kappa shape index (κ3) is 4.69. The van der Waals surface area contributed by atoms with Gasteiger partial charge in [0.25, 0.3) is 0 Å². The highest BCUT2D eigenvalue weighted by Gasteiger charge is 2.33. The van der Waals surface area contributed by atoms with Gasteiger partial charge < -0.3 is 14.8 Å². The second kappa shape index (κ2) is 10.3. The van der Waals surface area contributed by atoms with Crippen LogP contribution in [0.15, 0.2) is 18.2 Å². The third-order valence-corrected chi connectivity index (χ3v) is 5.15. The summed E-state index contributed by atoms with van der Waals surface area (Å²) in [7, 11) is 3.47. The van der Waals surface area contributed by atoms with Crippen LogP contribution in [0.1, 0.15) is 37.3 Å². The van der Waals surface area contributed by atoms with Gasteiger partial charge in [0.15, 0.2) is 0 Å². The number of nitrogens with zero attached hydrogens (tertiary/aromatic N) is 1. The molecular weight excluding hydrogens is 347 g/mol. The summed E-state index contributed by atoms with van der Waals surface area (Å²) in [6, 6.07) is 6.79. The van der Waals surface area contributed by atoms with E-state index in [0.29, 0.717) is 6.04 Å². The molecule has 24 heavy (non-hydrogen) atoms. The van der Waals surface area contributed by atoms with Gasteiger partial charge in [-0.3, -0.25) is 4.90 Å². The van der Waals surface area contributed by atoms with Gasteiger partial charge >= 0.3 is 0 Å². The van der Waals surface area contributed by atoms with E-state index in [0.717, 1.165) is 43.6 Å². The van der Waals surface area contributed by atoms with Crippen molar-refractivity contribution >= 4 is 24.8 Å². The zero-order valence-electron chi connectivity index (χ0n) is 14.6. The predicted molar refractivity (Wildman–Crippen MR) is 103 cm³/mol. The summed E-state index contributed by atoms with van der Waals surface area (Å²) >= 11 is 0. The van der Waals surface area contributed by atoms with Gasteiger partial charge in [-0.15, -0.1) is 24.8 Å². The molecule has 1 aromatic carbocycles. The predicted octanol–water partition coefficient (Wildman–Crippen LogP) is 3.68. The zero-order chi connectivity index (χ0) is 15.4. The molecule has 1 heterocycles. The van der Waals surface area contributed by atoms with Crippen molar-refractivity contribution in [3.63, 3.8) is 0 Å². The SMILES string of the molecule is COc1ccc([C@H](C2CCCC2)N2CCNCC2)c(OC)c1.Cl.Cl. The van der Waals surface area contributed by atoms with E-state index in [1.54, 1.807) is 14.2 Å². The molecule has 1 aliphatic carbocycles. The van der Waals surface area contributed by atoms with Crippen molar-refractivity contribution in [2.75, 3.05) is 40.4 Å². The van der Waals surface area contributed by atoms with Crippen LogP contribution in [0.5, 0.6) is 11.5 Å². The Morgan fingerprint density at radius 1 is 1.04 bits per heavy atom. The Balaban J connectivity index is 0.00000144. The number of nitrogens with one attached hydrogen (secondary N) is 1. The molecule has 3 rings (SSSR count). The van der Waals surface area contributed by atoms with Crippen LogP contribution in [-0.4, -0.2) is 45.3 Å². The van der Waals surface area contributed by atoms with Gasteiger partial charge in [-0.25, -0.2) is 0 Å². The van der Waals surface area contributed by atoms with Crippen LogP contribution in [0.25, 0.3) is 0 Å². The lowest BCUT2D eigenvalue weighted by Crippen LogP contribution is -2.46. The van der Waals surface area contributed by atoms with E-state index in [4.69, 9.17) is 9.47 Å². The Morgan fingerprint density at radius 2 is 1.71 bits per heavy atom. The number of halogens is 2. The molecule has 4 nitrogen and oxygen atoms in total. The third-order valence-electron chi connectivity index (χ3n) is 5.15. The largest absolute Gasteiger partial charge is 0.497 e. The van der Waals surface area contributed by atoms with Gasteiger partial charge in [-0.1, -0.05) is 18.9 Å². The number of hydrogen-bond donors (Lipinski definition) is 1. The van der Waals surface area contributed by atoms with Gasteiger partial charge in [0.05, 0.1) is 14.2 Å². The molecule has 1 saturated heterocycles. The summed E-state index contributed by atoms with van der Waals surface area (Å²) < 4.78 is 11.1. The van der Waals surface area contributed by atoms with Crippen molar-refractivity contribution in [3.05, 3.63) is 23.8 Å². The van der Waals surface area contributed by atoms with Crippen LogP contribution >= 0.6 is 24.8 Å². The first-order chi connectivity index (χ1) is 10.8. The molecule has 1 N–H and O–H groups in total. The van der Waals surface area contributed by atoms with Crippen molar-refractivity contribution in [2.45, 2.75) is 31.7 Å². The Labute approximate surface area is 158 Å². The van der Waals surface area contributed by atoms with Gasteiger partial charge in [0, 0.05) is 43.9 Å². The quantitative estimate of drug-likeness (QED) is 0.849. The normalized spacial score (nSPS) is 19.9. The lowest BCUT2D eigenvalue weighted by atomic mass is 9.89. The van der Waals surface area contributed by atoms with Crippen LogP contribution in [0, 0.1) is 5.92 Å². The van der Waals surface area contributed by atoms with Crippen molar-refractivity contribution in [3.8, 4) is 11.5 Å². The summed E-state index contributed by atoms with van der Waals surface area (Å²) in [6.07, 6.45) is 5.41. The molecule has 1 aromatic rings.